The predicted octanol–water partition coefficient (Wildman–Crippen LogP) is 1.24. The third kappa shape index (κ3) is 2.41. The van der Waals surface area contributed by atoms with Crippen molar-refractivity contribution in [3.63, 3.8) is 0 Å². The maximum absolute atomic E-state index is 12.1. The first-order valence-corrected chi connectivity index (χ1v) is 5.60. The fraction of sp³-hybridized carbons (Fsp3) is 0.500. The summed E-state index contributed by atoms with van der Waals surface area (Å²) in [4.78, 5) is 21.5. The van der Waals surface area contributed by atoms with Crippen LogP contribution < -0.4 is 0 Å². The van der Waals surface area contributed by atoms with Crippen molar-refractivity contribution >= 4 is 5.91 Å². The largest absolute Gasteiger partial charge is 0.338 e. The molecule has 1 saturated heterocycles. The SMILES string of the molecule is CC1(C#N)CCN(C(=O)c2cncnc2)CC1. The second kappa shape index (κ2) is 4.50. The number of nitriles is 1. The maximum atomic E-state index is 12.1. The van der Waals surface area contributed by atoms with Crippen LogP contribution in [-0.2, 0) is 0 Å². The average molecular weight is 230 g/mol. The number of amides is 1. The molecule has 0 radical (unpaired) electrons. The minimum Gasteiger partial charge on any atom is -0.338 e. The zero-order valence-corrected chi connectivity index (χ0v) is 9.76. The molecule has 0 atom stereocenters. The van der Waals surface area contributed by atoms with Crippen LogP contribution in [0.2, 0.25) is 0 Å². The van der Waals surface area contributed by atoms with Crippen LogP contribution in [0.1, 0.15) is 30.1 Å². The summed E-state index contributed by atoms with van der Waals surface area (Å²) in [6, 6.07) is 2.32. The Hall–Kier alpha value is -1.96. The molecule has 5 heteroatoms. The summed E-state index contributed by atoms with van der Waals surface area (Å²) in [6.45, 7) is 3.19. The van der Waals surface area contributed by atoms with Crippen molar-refractivity contribution in [3.05, 3.63) is 24.3 Å². The summed E-state index contributed by atoms with van der Waals surface area (Å²) in [5.41, 5.74) is 0.220. The Bertz CT molecular complexity index is 443. The summed E-state index contributed by atoms with van der Waals surface area (Å²) in [7, 11) is 0. The molecular weight excluding hydrogens is 216 g/mol. The third-order valence-electron chi connectivity index (χ3n) is 3.23. The number of likely N-dealkylation sites (tertiary alicyclic amines) is 1. The molecule has 0 aromatic carbocycles. The quantitative estimate of drug-likeness (QED) is 0.727. The molecule has 0 saturated carbocycles. The van der Waals surface area contributed by atoms with E-state index in [4.69, 9.17) is 5.26 Å². The molecule has 0 N–H and O–H groups in total. The van der Waals surface area contributed by atoms with E-state index in [0.29, 0.717) is 18.7 Å². The van der Waals surface area contributed by atoms with Crippen molar-refractivity contribution in [2.75, 3.05) is 13.1 Å². The van der Waals surface area contributed by atoms with E-state index in [1.807, 2.05) is 6.92 Å². The number of rotatable bonds is 1. The highest BCUT2D eigenvalue weighted by Crippen LogP contribution is 2.30. The van der Waals surface area contributed by atoms with E-state index >= 15 is 0 Å². The molecular formula is C12H14N4O. The fourth-order valence-electron chi connectivity index (χ4n) is 1.91. The van der Waals surface area contributed by atoms with Crippen LogP contribution in [0.4, 0.5) is 0 Å². The van der Waals surface area contributed by atoms with Gasteiger partial charge in [-0.05, 0) is 19.8 Å². The highest BCUT2D eigenvalue weighted by Gasteiger charge is 2.32. The lowest BCUT2D eigenvalue weighted by molar-refractivity contribution is 0.0661. The number of aromatic nitrogens is 2. The summed E-state index contributed by atoms with van der Waals surface area (Å²) in [5.74, 6) is -0.0504. The van der Waals surface area contributed by atoms with Gasteiger partial charge in [-0.3, -0.25) is 4.79 Å². The van der Waals surface area contributed by atoms with Crippen molar-refractivity contribution in [1.82, 2.24) is 14.9 Å². The van der Waals surface area contributed by atoms with Gasteiger partial charge in [-0.1, -0.05) is 0 Å². The molecule has 1 aromatic heterocycles. The molecule has 0 aliphatic carbocycles. The van der Waals surface area contributed by atoms with E-state index in [0.717, 1.165) is 12.8 Å². The van der Waals surface area contributed by atoms with Gasteiger partial charge in [0.05, 0.1) is 17.0 Å². The Morgan fingerprint density at radius 2 is 2.00 bits per heavy atom. The molecule has 1 aliphatic heterocycles. The van der Waals surface area contributed by atoms with Gasteiger partial charge in [0.25, 0.3) is 5.91 Å². The van der Waals surface area contributed by atoms with Crippen molar-refractivity contribution < 1.29 is 4.79 Å². The van der Waals surface area contributed by atoms with Crippen LogP contribution in [0.25, 0.3) is 0 Å². The molecule has 1 fully saturated rings. The van der Waals surface area contributed by atoms with Gasteiger partial charge in [0.2, 0.25) is 0 Å². The number of nitrogens with zero attached hydrogens (tertiary/aromatic N) is 4. The lowest BCUT2D eigenvalue weighted by Gasteiger charge is -2.34. The first-order valence-electron chi connectivity index (χ1n) is 5.60. The number of carbonyl (C=O) groups excluding carboxylic acids is 1. The predicted molar refractivity (Wildman–Crippen MR) is 60.9 cm³/mol. The second-order valence-electron chi connectivity index (χ2n) is 4.59. The Kier molecular flexibility index (Phi) is 3.05. The normalized spacial score (nSPS) is 18.5. The van der Waals surface area contributed by atoms with E-state index in [2.05, 4.69) is 16.0 Å². The zero-order valence-electron chi connectivity index (χ0n) is 9.76. The lowest BCUT2D eigenvalue weighted by atomic mass is 9.82. The van der Waals surface area contributed by atoms with Gasteiger partial charge in [0.1, 0.15) is 6.33 Å². The standard InChI is InChI=1S/C12H14N4O/c1-12(8-13)2-4-16(5-3-12)11(17)10-6-14-9-15-7-10/h6-7,9H,2-5H2,1H3. The zero-order chi connectivity index (χ0) is 12.3. The molecule has 88 valence electrons. The Labute approximate surface area is 100 Å². The Balaban J connectivity index is 2.03. The average Bonchev–Trinajstić information content (AvgIpc) is 2.40. The Morgan fingerprint density at radius 1 is 1.41 bits per heavy atom. The fourth-order valence-corrected chi connectivity index (χ4v) is 1.91. The van der Waals surface area contributed by atoms with E-state index in [-0.39, 0.29) is 11.3 Å². The van der Waals surface area contributed by atoms with Crippen LogP contribution in [0, 0.1) is 16.7 Å². The van der Waals surface area contributed by atoms with Crippen LogP contribution in [-0.4, -0.2) is 33.9 Å². The first kappa shape index (κ1) is 11.5. The highest BCUT2D eigenvalue weighted by atomic mass is 16.2. The van der Waals surface area contributed by atoms with Crippen LogP contribution in [0.15, 0.2) is 18.7 Å². The summed E-state index contributed by atoms with van der Waals surface area (Å²) >= 11 is 0. The van der Waals surface area contributed by atoms with Gasteiger partial charge >= 0.3 is 0 Å². The van der Waals surface area contributed by atoms with Crippen LogP contribution in [0.3, 0.4) is 0 Å². The van der Waals surface area contributed by atoms with E-state index < -0.39 is 0 Å². The van der Waals surface area contributed by atoms with Gasteiger partial charge < -0.3 is 4.90 Å². The van der Waals surface area contributed by atoms with E-state index in [1.165, 1.54) is 18.7 Å². The van der Waals surface area contributed by atoms with Crippen molar-refractivity contribution in [1.29, 1.82) is 5.26 Å². The molecule has 0 bridgehead atoms. The molecule has 1 aliphatic rings. The number of piperidine rings is 1. The number of carbonyl (C=O) groups is 1. The van der Waals surface area contributed by atoms with E-state index in [9.17, 15) is 4.79 Å². The summed E-state index contributed by atoms with van der Waals surface area (Å²) in [5, 5.41) is 9.02. The smallest absolute Gasteiger partial charge is 0.256 e. The van der Waals surface area contributed by atoms with Gasteiger partial charge in [-0.2, -0.15) is 5.26 Å². The number of hydrogen-bond acceptors (Lipinski definition) is 4. The monoisotopic (exact) mass is 230 g/mol. The van der Waals surface area contributed by atoms with Crippen LogP contribution in [0.5, 0.6) is 0 Å². The third-order valence-corrected chi connectivity index (χ3v) is 3.23. The molecule has 1 amide bonds. The lowest BCUT2D eigenvalue weighted by Crippen LogP contribution is -2.41. The minimum absolute atomic E-state index is 0.0504. The van der Waals surface area contributed by atoms with Gasteiger partial charge in [0, 0.05) is 25.5 Å². The molecule has 1 aromatic rings. The topological polar surface area (TPSA) is 69.9 Å². The summed E-state index contributed by atoms with van der Waals surface area (Å²) < 4.78 is 0. The Morgan fingerprint density at radius 3 is 2.53 bits per heavy atom. The molecule has 0 unspecified atom stereocenters. The van der Waals surface area contributed by atoms with E-state index in [1.54, 1.807) is 4.90 Å². The molecule has 17 heavy (non-hydrogen) atoms. The van der Waals surface area contributed by atoms with Gasteiger partial charge in [-0.25, -0.2) is 9.97 Å². The van der Waals surface area contributed by atoms with Crippen molar-refractivity contribution in [3.8, 4) is 6.07 Å². The maximum Gasteiger partial charge on any atom is 0.256 e. The summed E-state index contributed by atoms with van der Waals surface area (Å²) in [6.07, 6.45) is 5.90. The highest BCUT2D eigenvalue weighted by molar-refractivity contribution is 5.93. The number of hydrogen-bond donors (Lipinski definition) is 0. The van der Waals surface area contributed by atoms with Crippen LogP contribution >= 0.6 is 0 Å². The second-order valence-corrected chi connectivity index (χ2v) is 4.59. The molecule has 5 nitrogen and oxygen atoms in total. The van der Waals surface area contributed by atoms with Gasteiger partial charge in [0.15, 0.2) is 0 Å². The van der Waals surface area contributed by atoms with Crippen molar-refractivity contribution in [2.24, 2.45) is 5.41 Å². The van der Waals surface area contributed by atoms with Crippen molar-refractivity contribution in [2.45, 2.75) is 19.8 Å². The minimum atomic E-state index is -0.288. The first-order chi connectivity index (χ1) is 8.14. The van der Waals surface area contributed by atoms with Gasteiger partial charge in [-0.15, -0.1) is 0 Å². The molecule has 0 spiro atoms. The molecule has 2 rings (SSSR count). The molecule has 2 heterocycles.